The van der Waals surface area contributed by atoms with Crippen molar-refractivity contribution in [3.63, 3.8) is 0 Å². The Balaban J connectivity index is 1.63. The van der Waals surface area contributed by atoms with Crippen LogP contribution >= 0.6 is 0 Å². The van der Waals surface area contributed by atoms with Crippen LogP contribution in [0.2, 0.25) is 0 Å². The van der Waals surface area contributed by atoms with Crippen molar-refractivity contribution in [3.8, 4) is 23.0 Å². The zero-order chi connectivity index (χ0) is 25.4. The van der Waals surface area contributed by atoms with Crippen LogP contribution in [0.5, 0.6) is 0 Å². The van der Waals surface area contributed by atoms with Crippen molar-refractivity contribution in [1.29, 1.82) is 5.26 Å². The highest BCUT2D eigenvalue weighted by Crippen LogP contribution is 2.37. The van der Waals surface area contributed by atoms with E-state index in [0.29, 0.717) is 36.7 Å². The minimum Gasteiger partial charge on any atom is -0.381 e. The van der Waals surface area contributed by atoms with Gasteiger partial charge >= 0.3 is 0 Å². The van der Waals surface area contributed by atoms with Gasteiger partial charge < -0.3 is 14.9 Å². The van der Waals surface area contributed by atoms with Crippen LogP contribution in [0.1, 0.15) is 26.3 Å². The first-order valence-electron chi connectivity index (χ1n) is 11.8. The summed E-state index contributed by atoms with van der Waals surface area (Å²) < 4.78 is 1.89. The van der Waals surface area contributed by atoms with Crippen molar-refractivity contribution >= 4 is 22.8 Å². The maximum atomic E-state index is 12.7. The summed E-state index contributed by atoms with van der Waals surface area (Å²) in [5.41, 5.74) is 1.75. The molecule has 5 rings (SSSR count). The third-order valence-electron chi connectivity index (χ3n) is 6.48. The van der Waals surface area contributed by atoms with Gasteiger partial charge in [-0.25, -0.2) is 15.0 Å². The number of hydrogen-bond donors (Lipinski definition) is 1. The molecule has 1 aliphatic heterocycles. The maximum absolute atomic E-state index is 12.7. The summed E-state index contributed by atoms with van der Waals surface area (Å²) in [5, 5.41) is 20.5. The second-order valence-corrected chi connectivity index (χ2v) is 9.54. The molecular formula is C27H27N7O2. The Labute approximate surface area is 209 Å². The molecule has 4 aromatic rings. The molecule has 1 unspecified atom stereocenters. The first kappa shape index (κ1) is 23.5. The van der Waals surface area contributed by atoms with Crippen LogP contribution in [-0.4, -0.2) is 66.7 Å². The monoisotopic (exact) mass is 481 g/mol. The highest BCUT2D eigenvalue weighted by atomic mass is 16.3. The van der Waals surface area contributed by atoms with Gasteiger partial charge in [0, 0.05) is 43.6 Å². The van der Waals surface area contributed by atoms with E-state index in [1.54, 1.807) is 23.2 Å². The molecule has 1 aromatic carbocycles. The second-order valence-electron chi connectivity index (χ2n) is 9.54. The highest BCUT2D eigenvalue weighted by Gasteiger charge is 2.36. The summed E-state index contributed by atoms with van der Waals surface area (Å²) in [4.78, 5) is 30.4. The van der Waals surface area contributed by atoms with Crippen LogP contribution in [0.4, 0.5) is 5.82 Å². The predicted molar refractivity (Wildman–Crippen MR) is 136 cm³/mol. The molecule has 0 spiro atoms. The molecule has 9 heteroatoms. The van der Waals surface area contributed by atoms with E-state index in [1.165, 1.54) is 20.2 Å². The lowest BCUT2D eigenvalue weighted by molar-refractivity contribution is -0.150. The number of nitriles is 1. The maximum Gasteiger partial charge on any atom is 0.254 e. The number of carbonyl (C=O) groups is 1. The van der Waals surface area contributed by atoms with Gasteiger partial charge in [-0.1, -0.05) is 30.3 Å². The molecule has 3 aromatic heterocycles. The van der Waals surface area contributed by atoms with Crippen LogP contribution in [0.15, 0.2) is 61.2 Å². The molecule has 0 radical (unpaired) electrons. The first-order valence-corrected chi connectivity index (χ1v) is 11.8. The molecule has 0 aliphatic carbocycles. The summed E-state index contributed by atoms with van der Waals surface area (Å²) in [6.45, 7) is 6.63. The molecule has 36 heavy (non-hydrogen) atoms. The summed E-state index contributed by atoms with van der Waals surface area (Å²) in [7, 11) is 0. The molecule has 4 heterocycles. The van der Waals surface area contributed by atoms with Gasteiger partial charge in [0.25, 0.3) is 5.91 Å². The topological polar surface area (TPSA) is 111 Å². The summed E-state index contributed by atoms with van der Waals surface area (Å²) in [5.74, 6) is 1.10. The molecule has 1 atom stereocenters. The van der Waals surface area contributed by atoms with Crippen molar-refractivity contribution in [3.05, 3.63) is 66.7 Å². The number of amides is 1. The Hall–Kier alpha value is -4.29. The molecule has 1 N–H and O–H groups in total. The van der Waals surface area contributed by atoms with Gasteiger partial charge in [-0.05, 0) is 38.5 Å². The molecule has 1 amide bonds. The van der Waals surface area contributed by atoms with Gasteiger partial charge in [0.05, 0.1) is 17.0 Å². The number of piperazine rings is 1. The third kappa shape index (κ3) is 4.16. The largest absolute Gasteiger partial charge is 0.381 e. The Morgan fingerprint density at radius 1 is 1.14 bits per heavy atom. The number of benzene rings is 1. The number of fused-ring (bicyclic) bond motifs is 1. The minimum absolute atomic E-state index is 0.112. The fourth-order valence-corrected chi connectivity index (χ4v) is 4.72. The average molecular weight is 482 g/mol. The van der Waals surface area contributed by atoms with E-state index in [2.05, 4.69) is 25.9 Å². The third-order valence-corrected chi connectivity index (χ3v) is 6.48. The molecule has 1 saturated heterocycles. The van der Waals surface area contributed by atoms with Crippen LogP contribution in [-0.2, 0) is 4.79 Å². The van der Waals surface area contributed by atoms with Gasteiger partial charge in [0.15, 0.2) is 5.65 Å². The van der Waals surface area contributed by atoms with E-state index in [0.717, 1.165) is 22.3 Å². The van der Waals surface area contributed by atoms with E-state index in [4.69, 9.17) is 0 Å². The molecule has 0 saturated carbocycles. The number of nitrogens with zero attached hydrogens (tertiary/aromatic N) is 7. The average Bonchev–Trinajstić information content (AvgIpc) is 3.28. The van der Waals surface area contributed by atoms with Crippen LogP contribution in [0.3, 0.4) is 0 Å². The van der Waals surface area contributed by atoms with Crippen LogP contribution < -0.4 is 4.90 Å². The molecule has 182 valence electrons. The van der Waals surface area contributed by atoms with Gasteiger partial charge in [0.2, 0.25) is 0 Å². The van der Waals surface area contributed by atoms with Gasteiger partial charge in [-0.3, -0.25) is 9.36 Å². The lowest BCUT2D eigenvalue weighted by Gasteiger charge is -2.42. The summed E-state index contributed by atoms with van der Waals surface area (Å²) in [6.07, 6.45) is 5.14. The Kier molecular flexibility index (Phi) is 5.90. The lowest BCUT2D eigenvalue weighted by Crippen LogP contribution is -2.58. The van der Waals surface area contributed by atoms with Crippen molar-refractivity contribution < 1.29 is 9.90 Å². The van der Waals surface area contributed by atoms with Gasteiger partial charge in [-0.15, -0.1) is 0 Å². The lowest BCUT2D eigenvalue weighted by atomic mass is 10.0. The van der Waals surface area contributed by atoms with Crippen LogP contribution in [0, 0.1) is 11.3 Å². The van der Waals surface area contributed by atoms with E-state index in [9.17, 15) is 15.2 Å². The number of aromatic nitrogens is 4. The molecular weight excluding hydrogens is 454 g/mol. The number of pyridine rings is 1. The summed E-state index contributed by atoms with van der Waals surface area (Å²) in [6, 6.07) is 15.5. The van der Waals surface area contributed by atoms with Gasteiger partial charge in [-0.2, -0.15) is 5.26 Å². The number of rotatable bonds is 4. The Morgan fingerprint density at radius 3 is 2.61 bits per heavy atom. The molecule has 0 bridgehead atoms. The fraction of sp³-hybridized carbons (Fsp3) is 0.296. The van der Waals surface area contributed by atoms with E-state index < -0.39 is 5.60 Å². The highest BCUT2D eigenvalue weighted by molar-refractivity contribution is 6.02. The fourth-order valence-electron chi connectivity index (χ4n) is 4.72. The smallest absolute Gasteiger partial charge is 0.254 e. The van der Waals surface area contributed by atoms with Crippen LogP contribution in [0.25, 0.3) is 28.0 Å². The van der Waals surface area contributed by atoms with Crippen molar-refractivity contribution in [1.82, 2.24) is 24.4 Å². The van der Waals surface area contributed by atoms with Crippen molar-refractivity contribution in [2.45, 2.75) is 32.4 Å². The SMILES string of the molecule is CC1CN(c2ncnc3c2c(-c2ccccc2)cn3-c2cc(C#N)ccn2)CCN1C(=O)C(C)(C)O. The zero-order valence-electron chi connectivity index (χ0n) is 20.5. The summed E-state index contributed by atoms with van der Waals surface area (Å²) >= 11 is 0. The van der Waals surface area contributed by atoms with E-state index >= 15 is 0 Å². The number of carbonyl (C=O) groups excluding carboxylic acids is 1. The minimum atomic E-state index is -1.42. The molecule has 1 aliphatic rings. The molecule has 9 nitrogen and oxygen atoms in total. The Morgan fingerprint density at radius 2 is 1.92 bits per heavy atom. The van der Waals surface area contributed by atoms with E-state index in [-0.39, 0.29) is 11.9 Å². The van der Waals surface area contributed by atoms with Crippen molar-refractivity contribution in [2.75, 3.05) is 24.5 Å². The van der Waals surface area contributed by atoms with E-state index in [1.807, 2.05) is 48.0 Å². The van der Waals surface area contributed by atoms with Crippen molar-refractivity contribution in [2.24, 2.45) is 0 Å². The molecule has 1 fully saturated rings. The number of hydrogen-bond acceptors (Lipinski definition) is 7. The Bertz CT molecular complexity index is 1470. The first-order chi connectivity index (χ1) is 17.3. The number of aliphatic hydroxyl groups is 1. The quantitative estimate of drug-likeness (QED) is 0.477. The standard InChI is InChI=1S/C27H27N7O2/c1-18-15-32(11-12-33(18)26(35)27(2,3)36)24-23-21(20-7-5-4-6-8-20)16-34(25(23)31-17-30-24)22-13-19(14-28)9-10-29-22/h4-10,13,16-18,36H,11-12,15H2,1-3H3. The second kappa shape index (κ2) is 9.06. The van der Waals surface area contributed by atoms with Gasteiger partial charge in [0.1, 0.15) is 23.6 Å². The normalized spacial score (nSPS) is 16.2. The number of anilines is 1. The predicted octanol–water partition coefficient (Wildman–Crippen LogP) is 3.16. The zero-order valence-corrected chi connectivity index (χ0v) is 20.5.